The van der Waals surface area contributed by atoms with Gasteiger partial charge in [0.15, 0.2) is 0 Å². The number of benzene rings is 1. The van der Waals surface area contributed by atoms with Crippen LogP contribution in [0.5, 0.6) is 0 Å². The Morgan fingerprint density at radius 2 is 2.06 bits per heavy atom. The molecule has 0 amide bonds. The summed E-state index contributed by atoms with van der Waals surface area (Å²) in [5.41, 5.74) is 2.55. The predicted octanol–water partition coefficient (Wildman–Crippen LogP) is 2.35. The van der Waals surface area contributed by atoms with Crippen molar-refractivity contribution in [2.24, 2.45) is 5.92 Å². The van der Waals surface area contributed by atoms with Crippen molar-refractivity contribution < 1.29 is 9.47 Å². The first-order valence-corrected chi connectivity index (χ1v) is 6.73. The quantitative estimate of drug-likeness (QED) is 0.839. The molecule has 0 radical (unpaired) electrons. The second-order valence-electron chi connectivity index (χ2n) is 4.96. The van der Waals surface area contributed by atoms with Gasteiger partial charge in [-0.1, -0.05) is 24.3 Å². The summed E-state index contributed by atoms with van der Waals surface area (Å²) >= 11 is 0. The van der Waals surface area contributed by atoms with Crippen molar-refractivity contribution in [2.75, 3.05) is 26.9 Å². The number of methoxy groups -OCH3 is 1. The molecule has 1 heterocycles. The molecule has 0 spiro atoms. The Bertz CT molecular complexity index is 331. The second-order valence-corrected chi connectivity index (χ2v) is 4.96. The lowest BCUT2D eigenvalue weighted by molar-refractivity contribution is 0.0547. The highest BCUT2D eigenvalue weighted by atomic mass is 16.5. The van der Waals surface area contributed by atoms with E-state index in [1.807, 2.05) is 0 Å². The zero-order valence-corrected chi connectivity index (χ0v) is 11.2. The van der Waals surface area contributed by atoms with E-state index in [1.165, 1.54) is 24.0 Å². The number of ether oxygens (including phenoxy) is 2. The van der Waals surface area contributed by atoms with Crippen LogP contribution in [-0.2, 0) is 22.6 Å². The molecule has 1 aromatic rings. The van der Waals surface area contributed by atoms with Crippen LogP contribution in [0.1, 0.15) is 24.0 Å². The summed E-state index contributed by atoms with van der Waals surface area (Å²) in [7, 11) is 1.72. The third-order valence-corrected chi connectivity index (χ3v) is 3.35. The zero-order valence-electron chi connectivity index (χ0n) is 11.2. The van der Waals surface area contributed by atoms with Crippen LogP contribution in [0.25, 0.3) is 0 Å². The van der Waals surface area contributed by atoms with Gasteiger partial charge in [-0.15, -0.1) is 0 Å². The van der Waals surface area contributed by atoms with E-state index in [9.17, 15) is 0 Å². The second kappa shape index (κ2) is 7.52. The third-order valence-electron chi connectivity index (χ3n) is 3.35. The maximum Gasteiger partial charge on any atom is 0.0713 e. The summed E-state index contributed by atoms with van der Waals surface area (Å²) in [5, 5.41) is 3.51. The molecule has 18 heavy (non-hydrogen) atoms. The molecule has 1 fully saturated rings. The normalized spacial score (nSPS) is 19.9. The summed E-state index contributed by atoms with van der Waals surface area (Å²) in [6, 6.07) is 8.59. The highest BCUT2D eigenvalue weighted by molar-refractivity contribution is 5.21. The van der Waals surface area contributed by atoms with Gasteiger partial charge in [0, 0.05) is 26.8 Å². The number of nitrogens with one attached hydrogen (secondary N) is 1. The fraction of sp³-hybridized carbons (Fsp3) is 0.600. The number of rotatable bonds is 6. The van der Waals surface area contributed by atoms with Crippen LogP contribution in [-0.4, -0.2) is 26.9 Å². The molecule has 1 aliphatic rings. The first-order chi connectivity index (χ1) is 8.88. The highest BCUT2D eigenvalue weighted by Crippen LogP contribution is 2.12. The smallest absolute Gasteiger partial charge is 0.0713 e. The van der Waals surface area contributed by atoms with Crippen LogP contribution < -0.4 is 5.32 Å². The summed E-state index contributed by atoms with van der Waals surface area (Å²) in [6.07, 6.45) is 2.50. The van der Waals surface area contributed by atoms with E-state index in [4.69, 9.17) is 9.47 Å². The molecule has 1 N–H and O–H groups in total. The van der Waals surface area contributed by atoms with Gasteiger partial charge in [0.2, 0.25) is 0 Å². The summed E-state index contributed by atoms with van der Waals surface area (Å²) < 4.78 is 10.6. The molecule has 100 valence electrons. The first kappa shape index (κ1) is 13.5. The van der Waals surface area contributed by atoms with Gasteiger partial charge in [-0.3, -0.25) is 0 Å². The van der Waals surface area contributed by atoms with Gasteiger partial charge in [0.1, 0.15) is 0 Å². The van der Waals surface area contributed by atoms with E-state index >= 15 is 0 Å². The largest absolute Gasteiger partial charge is 0.381 e. The van der Waals surface area contributed by atoms with Crippen molar-refractivity contribution in [1.29, 1.82) is 0 Å². The zero-order chi connectivity index (χ0) is 12.6. The standard InChI is InChI=1S/C15H23NO2/c1-17-11-14-6-4-13(5-7-14)9-16-10-15-3-2-8-18-12-15/h4-7,15-16H,2-3,8-12H2,1H3. The van der Waals surface area contributed by atoms with Gasteiger partial charge in [-0.05, 0) is 29.9 Å². The van der Waals surface area contributed by atoms with Crippen molar-refractivity contribution in [3.63, 3.8) is 0 Å². The molecule has 0 saturated carbocycles. The maximum atomic E-state index is 5.47. The van der Waals surface area contributed by atoms with Crippen molar-refractivity contribution in [1.82, 2.24) is 5.32 Å². The topological polar surface area (TPSA) is 30.5 Å². The number of hydrogen-bond acceptors (Lipinski definition) is 3. The lowest BCUT2D eigenvalue weighted by Crippen LogP contribution is -2.28. The molecular weight excluding hydrogens is 226 g/mol. The average molecular weight is 249 g/mol. The van der Waals surface area contributed by atoms with Crippen LogP contribution in [0.4, 0.5) is 0 Å². The molecular formula is C15H23NO2. The third kappa shape index (κ3) is 4.41. The van der Waals surface area contributed by atoms with E-state index in [0.29, 0.717) is 12.5 Å². The molecule has 3 nitrogen and oxygen atoms in total. The van der Waals surface area contributed by atoms with Crippen LogP contribution in [0.2, 0.25) is 0 Å². The molecule has 1 saturated heterocycles. The van der Waals surface area contributed by atoms with Crippen molar-refractivity contribution in [3.05, 3.63) is 35.4 Å². The van der Waals surface area contributed by atoms with E-state index in [0.717, 1.165) is 26.3 Å². The maximum absolute atomic E-state index is 5.47. The molecule has 2 rings (SSSR count). The Balaban J connectivity index is 1.69. The predicted molar refractivity (Wildman–Crippen MR) is 72.4 cm³/mol. The Morgan fingerprint density at radius 1 is 1.28 bits per heavy atom. The number of hydrogen-bond donors (Lipinski definition) is 1. The van der Waals surface area contributed by atoms with E-state index in [1.54, 1.807) is 7.11 Å². The minimum absolute atomic E-state index is 0.687. The minimum Gasteiger partial charge on any atom is -0.381 e. The molecule has 0 aromatic heterocycles. The van der Waals surface area contributed by atoms with Gasteiger partial charge in [-0.2, -0.15) is 0 Å². The SMILES string of the molecule is COCc1ccc(CNCC2CCCOC2)cc1. The lowest BCUT2D eigenvalue weighted by atomic mass is 10.0. The van der Waals surface area contributed by atoms with Gasteiger partial charge < -0.3 is 14.8 Å². The molecule has 1 atom stereocenters. The molecule has 3 heteroatoms. The lowest BCUT2D eigenvalue weighted by Gasteiger charge is -2.22. The van der Waals surface area contributed by atoms with Gasteiger partial charge in [0.05, 0.1) is 13.2 Å². The fourth-order valence-corrected chi connectivity index (χ4v) is 2.31. The van der Waals surface area contributed by atoms with E-state index < -0.39 is 0 Å². The van der Waals surface area contributed by atoms with Crippen LogP contribution in [0.3, 0.4) is 0 Å². The van der Waals surface area contributed by atoms with E-state index in [-0.39, 0.29) is 0 Å². The Hall–Kier alpha value is -0.900. The summed E-state index contributed by atoms with van der Waals surface area (Å²) in [4.78, 5) is 0. The molecule has 1 unspecified atom stereocenters. The van der Waals surface area contributed by atoms with Crippen LogP contribution in [0, 0.1) is 5.92 Å². The Kier molecular flexibility index (Phi) is 5.65. The van der Waals surface area contributed by atoms with E-state index in [2.05, 4.69) is 29.6 Å². The van der Waals surface area contributed by atoms with Crippen molar-refractivity contribution in [2.45, 2.75) is 26.0 Å². The van der Waals surface area contributed by atoms with Crippen molar-refractivity contribution in [3.8, 4) is 0 Å². The van der Waals surface area contributed by atoms with Gasteiger partial charge in [-0.25, -0.2) is 0 Å². The summed E-state index contributed by atoms with van der Waals surface area (Å²) in [5.74, 6) is 0.687. The molecule has 0 aliphatic carbocycles. The minimum atomic E-state index is 0.687. The highest BCUT2D eigenvalue weighted by Gasteiger charge is 2.12. The monoisotopic (exact) mass is 249 g/mol. The van der Waals surface area contributed by atoms with Crippen LogP contribution in [0.15, 0.2) is 24.3 Å². The average Bonchev–Trinajstić information content (AvgIpc) is 2.42. The Morgan fingerprint density at radius 3 is 2.72 bits per heavy atom. The van der Waals surface area contributed by atoms with Gasteiger partial charge >= 0.3 is 0 Å². The molecule has 1 aliphatic heterocycles. The Labute approximate surface area is 109 Å². The van der Waals surface area contributed by atoms with Gasteiger partial charge in [0.25, 0.3) is 0 Å². The molecule has 1 aromatic carbocycles. The summed E-state index contributed by atoms with van der Waals surface area (Å²) in [6.45, 7) is 4.54. The van der Waals surface area contributed by atoms with Crippen LogP contribution >= 0.6 is 0 Å². The first-order valence-electron chi connectivity index (χ1n) is 6.73. The molecule has 0 bridgehead atoms. The fourth-order valence-electron chi connectivity index (χ4n) is 2.31. The van der Waals surface area contributed by atoms with Crippen molar-refractivity contribution >= 4 is 0 Å².